The normalized spacial score (nSPS) is 17.2. The number of nitrogens with two attached hydrogens (primary N) is 1. The number of hydrogen-bond donors (Lipinski definition) is 1. The lowest BCUT2D eigenvalue weighted by molar-refractivity contribution is -0.134. The maximum absolute atomic E-state index is 12.7. The maximum Gasteiger partial charge on any atom is 0.243 e. The largest absolute Gasteiger partial charge is 0.339 e. The fourth-order valence-corrected chi connectivity index (χ4v) is 4.27. The molecule has 1 atom stereocenters. The number of amides is 1. The third-order valence-electron chi connectivity index (χ3n) is 4.25. The monoisotopic (exact) mass is 389 g/mol. The number of carbonyl (C=O) groups is 1. The van der Waals surface area contributed by atoms with Crippen molar-refractivity contribution >= 4 is 28.3 Å². The molecule has 0 spiro atoms. The molecule has 0 radical (unpaired) electrons. The summed E-state index contributed by atoms with van der Waals surface area (Å²) in [6, 6.07) is 6.32. The second-order valence-corrected chi connectivity index (χ2v) is 8.72. The Bertz CT molecular complexity index is 669. The van der Waals surface area contributed by atoms with Crippen LogP contribution in [0.15, 0.2) is 29.2 Å². The molecule has 1 aliphatic heterocycles. The van der Waals surface area contributed by atoms with Crippen molar-refractivity contribution in [2.75, 3.05) is 26.2 Å². The third kappa shape index (κ3) is 5.41. The molecule has 0 bridgehead atoms. The summed E-state index contributed by atoms with van der Waals surface area (Å²) >= 11 is 0. The van der Waals surface area contributed by atoms with E-state index in [4.69, 9.17) is 5.73 Å². The number of carbonyl (C=O) groups excluding carboxylic acids is 1. The van der Waals surface area contributed by atoms with Crippen molar-refractivity contribution in [1.82, 2.24) is 9.21 Å². The van der Waals surface area contributed by atoms with Crippen LogP contribution in [0.1, 0.15) is 25.8 Å². The Morgan fingerprint density at radius 1 is 1.12 bits per heavy atom. The standard InChI is InChI=1S/C17H27N3O3S.ClH/c1-13(2)12-16(18)17(21)19-8-10-20(11-9-19)24(22,23)15-6-4-14(3)5-7-15;/h4-7,13,16H,8-12,18H2,1-3H3;1H. The van der Waals surface area contributed by atoms with Crippen molar-refractivity contribution in [2.45, 2.75) is 38.1 Å². The average molecular weight is 390 g/mol. The molecular weight excluding hydrogens is 362 g/mol. The maximum atomic E-state index is 12.7. The van der Waals surface area contributed by atoms with E-state index < -0.39 is 16.1 Å². The molecule has 1 saturated heterocycles. The van der Waals surface area contributed by atoms with E-state index in [1.54, 1.807) is 29.2 Å². The molecule has 25 heavy (non-hydrogen) atoms. The third-order valence-corrected chi connectivity index (χ3v) is 6.16. The summed E-state index contributed by atoms with van der Waals surface area (Å²) in [6.07, 6.45) is 0.640. The molecular formula is C17H28ClN3O3S. The summed E-state index contributed by atoms with van der Waals surface area (Å²) in [4.78, 5) is 14.3. The Morgan fingerprint density at radius 3 is 2.12 bits per heavy atom. The second kappa shape index (κ2) is 8.98. The summed E-state index contributed by atoms with van der Waals surface area (Å²) in [5, 5.41) is 0. The van der Waals surface area contributed by atoms with Crippen LogP contribution in [0, 0.1) is 12.8 Å². The molecule has 8 heteroatoms. The Hall–Kier alpha value is -1.15. The molecule has 1 aliphatic rings. The summed E-state index contributed by atoms with van der Waals surface area (Å²) in [5.74, 6) is 0.267. The SMILES string of the molecule is Cc1ccc(S(=O)(=O)N2CCN(C(=O)C(N)CC(C)C)CC2)cc1.Cl. The highest BCUT2D eigenvalue weighted by molar-refractivity contribution is 7.89. The molecule has 1 aromatic carbocycles. The Morgan fingerprint density at radius 2 is 1.64 bits per heavy atom. The van der Waals surface area contributed by atoms with Crippen molar-refractivity contribution in [3.05, 3.63) is 29.8 Å². The zero-order valence-corrected chi connectivity index (χ0v) is 16.6. The molecule has 1 aromatic rings. The van der Waals surface area contributed by atoms with Gasteiger partial charge in [-0.05, 0) is 31.4 Å². The van der Waals surface area contributed by atoms with E-state index in [1.165, 1.54) is 4.31 Å². The number of halogens is 1. The van der Waals surface area contributed by atoms with Gasteiger partial charge in [0, 0.05) is 26.2 Å². The first-order chi connectivity index (χ1) is 11.2. The summed E-state index contributed by atoms with van der Waals surface area (Å²) < 4.78 is 26.7. The Labute approximate surface area is 156 Å². The Balaban J connectivity index is 0.00000312. The van der Waals surface area contributed by atoms with Crippen LogP contribution in [0.5, 0.6) is 0 Å². The predicted molar refractivity (Wildman–Crippen MR) is 101 cm³/mol. The van der Waals surface area contributed by atoms with Crippen LogP contribution in [0.4, 0.5) is 0 Å². The highest BCUT2D eigenvalue weighted by atomic mass is 35.5. The highest BCUT2D eigenvalue weighted by Gasteiger charge is 2.31. The summed E-state index contributed by atoms with van der Waals surface area (Å²) in [5.41, 5.74) is 6.97. The van der Waals surface area contributed by atoms with E-state index in [1.807, 2.05) is 20.8 Å². The van der Waals surface area contributed by atoms with E-state index in [2.05, 4.69) is 0 Å². The van der Waals surface area contributed by atoms with E-state index in [9.17, 15) is 13.2 Å². The van der Waals surface area contributed by atoms with Gasteiger partial charge in [-0.1, -0.05) is 31.5 Å². The zero-order chi connectivity index (χ0) is 17.9. The molecule has 1 heterocycles. The van der Waals surface area contributed by atoms with Crippen molar-refractivity contribution in [2.24, 2.45) is 11.7 Å². The van der Waals surface area contributed by atoms with Crippen molar-refractivity contribution in [1.29, 1.82) is 0 Å². The minimum Gasteiger partial charge on any atom is -0.339 e. The van der Waals surface area contributed by atoms with Gasteiger partial charge in [0.2, 0.25) is 15.9 Å². The number of rotatable bonds is 5. The van der Waals surface area contributed by atoms with Gasteiger partial charge in [-0.15, -0.1) is 12.4 Å². The molecule has 2 rings (SSSR count). The van der Waals surface area contributed by atoms with Crippen LogP contribution >= 0.6 is 12.4 Å². The molecule has 6 nitrogen and oxygen atoms in total. The minimum absolute atomic E-state index is 0. The fourth-order valence-electron chi connectivity index (χ4n) is 2.85. The van der Waals surface area contributed by atoms with Gasteiger partial charge in [0.05, 0.1) is 10.9 Å². The van der Waals surface area contributed by atoms with Gasteiger partial charge in [0.15, 0.2) is 0 Å². The zero-order valence-electron chi connectivity index (χ0n) is 15.0. The van der Waals surface area contributed by atoms with Gasteiger partial charge in [0.1, 0.15) is 0 Å². The van der Waals surface area contributed by atoms with E-state index >= 15 is 0 Å². The molecule has 0 aromatic heterocycles. The topological polar surface area (TPSA) is 83.7 Å². The summed E-state index contributed by atoms with van der Waals surface area (Å²) in [6.45, 7) is 7.35. The molecule has 2 N–H and O–H groups in total. The number of aryl methyl sites for hydroxylation is 1. The van der Waals surface area contributed by atoms with Gasteiger partial charge in [-0.25, -0.2) is 8.42 Å². The minimum atomic E-state index is -3.50. The van der Waals surface area contributed by atoms with Gasteiger partial charge < -0.3 is 10.6 Å². The lowest BCUT2D eigenvalue weighted by Gasteiger charge is -2.35. The number of sulfonamides is 1. The average Bonchev–Trinajstić information content (AvgIpc) is 2.54. The lowest BCUT2D eigenvalue weighted by Crippen LogP contribution is -2.54. The Kier molecular flexibility index (Phi) is 7.87. The molecule has 1 unspecified atom stereocenters. The van der Waals surface area contributed by atoms with Gasteiger partial charge in [0.25, 0.3) is 0 Å². The van der Waals surface area contributed by atoms with Gasteiger partial charge in [-0.3, -0.25) is 4.79 Å². The molecule has 1 fully saturated rings. The second-order valence-electron chi connectivity index (χ2n) is 6.78. The van der Waals surface area contributed by atoms with Crippen LogP contribution in [0.3, 0.4) is 0 Å². The van der Waals surface area contributed by atoms with Crippen molar-refractivity contribution in [3.63, 3.8) is 0 Å². The number of benzene rings is 1. The van der Waals surface area contributed by atoms with Gasteiger partial charge >= 0.3 is 0 Å². The molecule has 0 aliphatic carbocycles. The molecule has 1 amide bonds. The van der Waals surface area contributed by atoms with E-state index in [0.29, 0.717) is 43.4 Å². The van der Waals surface area contributed by atoms with E-state index in [0.717, 1.165) is 5.56 Å². The van der Waals surface area contributed by atoms with Crippen LogP contribution in [-0.2, 0) is 14.8 Å². The molecule has 0 saturated carbocycles. The van der Waals surface area contributed by atoms with Crippen molar-refractivity contribution < 1.29 is 13.2 Å². The first-order valence-electron chi connectivity index (χ1n) is 8.33. The number of piperazine rings is 1. The van der Waals surface area contributed by atoms with Crippen LogP contribution in [0.25, 0.3) is 0 Å². The highest BCUT2D eigenvalue weighted by Crippen LogP contribution is 2.18. The number of hydrogen-bond acceptors (Lipinski definition) is 4. The predicted octanol–water partition coefficient (Wildman–Crippen LogP) is 1.62. The fraction of sp³-hybridized carbons (Fsp3) is 0.588. The van der Waals surface area contributed by atoms with Gasteiger partial charge in [-0.2, -0.15) is 4.31 Å². The smallest absolute Gasteiger partial charge is 0.243 e. The quantitative estimate of drug-likeness (QED) is 0.829. The molecule has 142 valence electrons. The van der Waals surface area contributed by atoms with Crippen molar-refractivity contribution in [3.8, 4) is 0 Å². The van der Waals surface area contributed by atoms with Crippen LogP contribution < -0.4 is 5.73 Å². The van der Waals surface area contributed by atoms with E-state index in [-0.39, 0.29) is 18.3 Å². The first-order valence-corrected chi connectivity index (χ1v) is 9.77. The summed E-state index contributed by atoms with van der Waals surface area (Å²) in [7, 11) is -3.50. The number of nitrogens with zero attached hydrogens (tertiary/aromatic N) is 2. The first kappa shape index (κ1) is 21.9. The van der Waals surface area contributed by atoms with Crippen LogP contribution in [0.2, 0.25) is 0 Å². The lowest BCUT2D eigenvalue weighted by atomic mass is 10.0. The van der Waals surface area contributed by atoms with Crippen LogP contribution in [-0.4, -0.2) is 55.8 Å².